The van der Waals surface area contributed by atoms with Gasteiger partial charge in [0.25, 0.3) is 0 Å². The van der Waals surface area contributed by atoms with Crippen LogP contribution in [0.3, 0.4) is 0 Å². The molecule has 1 aliphatic heterocycles. The lowest BCUT2D eigenvalue weighted by Crippen LogP contribution is -2.46. The van der Waals surface area contributed by atoms with Gasteiger partial charge in [0.2, 0.25) is 17.7 Å². The summed E-state index contributed by atoms with van der Waals surface area (Å²) in [5, 5.41) is 2.17. The maximum Gasteiger partial charge on any atom is 0.237 e. The van der Waals surface area contributed by atoms with Crippen LogP contribution in [0, 0.1) is 29.6 Å². The number of nitrogens with two attached hydrogens (primary N) is 2. The molecule has 3 amide bonds. The molecule has 0 aromatic heterocycles. The second-order valence-corrected chi connectivity index (χ2v) is 7.16. The Morgan fingerprint density at radius 1 is 1.04 bits per heavy atom. The van der Waals surface area contributed by atoms with Crippen molar-refractivity contribution < 1.29 is 19.2 Å². The van der Waals surface area contributed by atoms with Gasteiger partial charge in [0, 0.05) is 12.0 Å². The van der Waals surface area contributed by atoms with E-state index in [0.717, 1.165) is 0 Å². The molecule has 2 unspecified atom stereocenters. The van der Waals surface area contributed by atoms with Gasteiger partial charge in [-0.15, -0.1) is 0 Å². The molecule has 5 atom stereocenters. The van der Waals surface area contributed by atoms with Crippen molar-refractivity contribution in [2.75, 3.05) is 0 Å². The Labute approximate surface area is 152 Å². The van der Waals surface area contributed by atoms with Gasteiger partial charge in [-0.1, -0.05) is 51.1 Å². The zero-order valence-corrected chi connectivity index (χ0v) is 15.1. The normalized spacial score (nSPS) is 23.4. The lowest BCUT2D eigenvalue weighted by molar-refractivity contribution is -0.142. The van der Waals surface area contributed by atoms with Gasteiger partial charge in [-0.2, -0.15) is 0 Å². The highest BCUT2D eigenvalue weighted by Gasteiger charge is 2.49. The van der Waals surface area contributed by atoms with E-state index in [4.69, 9.17) is 11.5 Å². The molecule has 1 aromatic rings. The number of Topliss-reactive ketones (excluding diaryl/α,β-unsaturated/α-hetero) is 1. The fourth-order valence-electron chi connectivity index (χ4n) is 3.65. The van der Waals surface area contributed by atoms with E-state index in [1.165, 1.54) is 6.92 Å². The quantitative estimate of drug-likeness (QED) is 0.483. The van der Waals surface area contributed by atoms with Gasteiger partial charge in [-0.3, -0.25) is 24.5 Å². The van der Waals surface area contributed by atoms with Crippen LogP contribution in [0.5, 0.6) is 0 Å². The lowest BCUT2D eigenvalue weighted by atomic mass is 9.70. The van der Waals surface area contributed by atoms with Gasteiger partial charge in [-0.05, 0) is 11.5 Å². The second kappa shape index (κ2) is 7.78. The number of hydrogen-bond donors (Lipinski definition) is 3. The summed E-state index contributed by atoms with van der Waals surface area (Å²) in [6.45, 7) is 5.07. The third kappa shape index (κ3) is 3.67. The molecule has 1 heterocycles. The molecule has 0 bridgehead atoms. The molecule has 1 aromatic carbocycles. The van der Waals surface area contributed by atoms with E-state index >= 15 is 0 Å². The number of amides is 3. The van der Waals surface area contributed by atoms with Crippen molar-refractivity contribution in [2.45, 2.75) is 26.8 Å². The van der Waals surface area contributed by atoms with Crippen LogP contribution in [0.15, 0.2) is 30.3 Å². The average Bonchev–Trinajstić information content (AvgIpc) is 2.83. The molecule has 7 heteroatoms. The van der Waals surface area contributed by atoms with Crippen LogP contribution in [0.1, 0.15) is 32.4 Å². The SMILES string of the molecule is CC(C)[C@H](C(=O)[C@@H]1C(=O)NC(=O)[C@H]1C)C(C(N)=O)C(N)c1ccccc1. The molecule has 1 fully saturated rings. The van der Waals surface area contributed by atoms with Crippen LogP contribution in [-0.2, 0) is 19.2 Å². The predicted octanol–water partition coefficient (Wildman–Crippen LogP) is 0.538. The molecular formula is C19H25N3O4. The van der Waals surface area contributed by atoms with E-state index in [-0.39, 0.29) is 5.92 Å². The predicted molar refractivity (Wildman–Crippen MR) is 95.2 cm³/mol. The Morgan fingerprint density at radius 2 is 1.62 bits per heavy atom. The summed E-state index contributed by atoms with van der Waals surface area (Å²) < 4.78 is 0. The molecule has 2 rings (SSSR count). The minimum atomic E-state index is -1.13. The number of primary amides is 1. The number of hydrogen-bond acceptors (Lipinski definition) is 5. The van der Waals surface area contributed by atoms with E-state index in [2.05, 4.69) is 5.32 Å². The first-order chi connectivity index (χ1) is 12.2. The number of carbonyl (C=O) groups excluding carboxylic acids is 4. The standard InChI is InChI=1S/C19H25N3O4/c1-9(2)12(16(23)13-10(3)18(25)22-19(13)26)14(17(21)24)15(20)11-7-5-4-6-8-11/h4-10,12-15H,20H2,1-3H3,(H2,21,24)(H,22,25,26)/t10-,12-,13+,14?,15?/m0/s1. The van der Waals surface area contributed by atoms with Gasteiger partial charge >= 0.3 is 0 Å². The summed E-state index contributed by atoms with van der Waals surface area (Å²) in [6, 6.07) is 8.11. The van der Waals surface area contributed by atoms with E-state index in [0.29, 0.717) is 5.56 Å². The second-order valence-electron chi connectivity index (χ2n) is 7.16. The Bertz CT molecular complexity index is 717. The van der Waals surface area contributed by atoms with Crippen LogP contribution < -0.4 is 16.8 Å². The molecule has 140 valence electrons. The molecule has 7 nitrogen and oxygen atoms in total. The fraction of sp³-hybridized carbons (Fsp3) is 0.474. The van der Waals surface area contributed by atoms with Gasteiger partial charge in [-0.25, -0.2) is 0 Å². The van der Waals surface area contributed by atoms with Crippen LogP contribution in [-0.4, -0.2) is 23.5 Å². The summed E-state index contributed by atoms with van der Waals surface area (Å²) >= 11 is 0. The van der Waals surface area contributed by atoms with Crippen molar-refractivity contribution in [3.63, 3.8) is 0 Å². The zero-order chi connectivity index (χ0) is 19.6. The number of carbonyl (C=O) groups is 4. The third-order valence-electron chi connectivity index (χ3n) is 5.08. The number of benzene rings is 1. The van der Waals surface area contributed by atoms with Crippen molar-refractivity contribution >= 4 is 23.5 Å². The molecule has 0 saturated carbocycles. The average molecular weight is 359 g/mol. The first kappa shape index (κ1) is 19.8. The molecule has 5 N–H and O–H groups in total. The van der Waals surface area contributed by atoms with E-state index in [1.807, 2.05) is 6.07 Å². The number of rotatable bonds is 7. The highest BCUT2D eigenvalue weighted by Crippen LogP contribution is 2.35. The van der Waals surface area contributed by atoms with Crippen LogP contribution in [0.4, 0.5) is 0 Å². The summed E-state index contributed by atoms with van der Waals surface area (Å²) in [5.41, 5.74) is 12.6. The molecule has 0 radical (unpaired) electrons. The topological polar surface area (TPSA) is 132 Å². The van der Waals surface area contributed by atoms with Crippen LogP contribution >= 0.6 is 0 Å². The van der Waals surface area contributed by atoms with Gasteiger partial charge in [0.15, 0.2) is 0 Å². The summed E-state index contributed by atoms with van der Waals surface area (Å²) in [7, 11) is 0. The zero-order valence-electron chi connectivity index (χ0n) is 15.1. The molecule has 1 aliphatic rings. The minimum absolute atomic E-state index is 0.287. The highest BCUT2D eigenvalue weighted by molar-refractivity contribution is 6.16. The van der Waals surface area contributed by atoms with Crippen molar-refractivity contribution in [2.24, 2.45) is 41.1 Å². The number of nitrogens with one attached hydrogen (secondary N) is 1. The Morgan fingerprint density at radius 3 is 2.04 bits per heavy atom. The monoisotopic (exact) mass is 359 g/mol. The van der Waals surface area contributed by atoms with Crippen molar-refractivity contribution in [1.82, 2.24) is 5.32 Å². The summed E-state index contributed by atoms with van der Waals surface area (Å²) in [6.07, 6.45) is 0. The minimum Gasteiger partial charge on any atom is -0.369 e. The molecule has 0 spiro atoms. The smallest absolute Gasteiger partial charge is 0.237 e. The van der Waals surface area contributed by atoms with E-state index < -0.39 is 53.2 Å². The van der Waals surface area contributed by atoms with Crippen LogP contribution in [0.2, 0.25) is 0 Å². The van der Waals surface area contributed by atoms with E-state index in [1.54, 1.807) is 38.1 Å². The highest BCUT2D eigenvalue weighted by atomic mass is 16.2. The van der Waals surface area contributed by atoms with Crippen molar-refractivity contribution in [3.8, 4) is 0 Å². The largest absolute Gasteiger partial charge is 0.369 e. The first-order valence-corrected chi connectivity index (χ1v) is 8.65. The van der Waals surface area contributed by atoms with Gasteiger partial charge in [0.05, 0.1) is 11.8 Å². The molecule has 0 aliphatic carbocycles. The number of ketones is 1. The summed E-state index contributed by atoms with van der Waals surface area (Å²) in [4.78, 5) is 49.2. The fourth-order valence-corrected chi connectivity index (χ4v) is 3.65. The van der Waals surface area contributed by atoms with Crippen LogP contribution in [0.25, 0.3) is 0 Å². The van der Waals surface area contributed by atoms with Gasteiger partial charge < -0.3 is 11.5 Å². The maximum absolute atomic E-state index is 13.2. The third-order valence-corrected chi connectivity index (χ3v) is 5.08. The Balaban J connectivity index is 2.42. The molecule has 26 heavy (non-hydrogen) atoms. The molecule has 1 saturated heterocycles. The lowest BCUT2D eigenvalue weighted by Gasteiger charge is -2.33. The van der Waals surface area contributed by atoms with Gasteiger partial charge in [0.1, 0.15) is 11.7 Å². The molecular weight excluding hydrogens is 334 g/mol. The Kier molecular flexibility index (Phi) is 5.92. The maximum atomic E-state index is 13.2. The van der Waals surface area contributed by atoms with E-state index in [9.17, 15) is 19.2 Å². The van der Waals surface area contributed by atoms with Crippen molar-refractivity contribution in [1.29, 1.82) is 0 Å². The number of imide groups is 1. The Hall–Kier alpha value is -2.54. The first-order valence-electron chi connectivity index (χ1n) is 8.65. The van der Waals surface area contributed by atoms with Crippen molar-refractivity contribution in [3.05, 3.63) is 35.9 Å². The summed E-state index contributed by atoms with van der Waals surface area (Å²) in [5.74, 6) is -6.33.